The molecule has 1 aliphatic heterocycles. The van der Waals surface area contributed by atoms with Gasteiger partial charge in [-0.25, -0.2) is 12.7 Å². The second kappa shape index (κ2) is 11.4. The predicted octanol–water partition coefficient (Wildman–Crippen LogP) is 5.98. The number of halogens is 2. The molecule has 7 nitrogen and oxygen atoms in total. The van der Waals surface area contributed by atoms with Gasteiger partial charge in [0, 0.05) is 35.6 Å². The van der Waals surface area contributed by atoms with E-state index in [2.05, 4.69) is 0 Å². The monoisotopic (exact) mass is 594 g/mol. The lowest BCUT2D eigenvalue weighted by Crippen LogP contribution is -2.60. The lowest BCUT2D eigenvalue weighted by atomic mass is 9.63. The largest absolute Gasteiger partial charge is 0.481 e. The van der Waals surface area contributed by atoms with E-state index in [4.69, 9.17) is 23.2 Å². The molecule has 4 rings (SSSR count). The number of aliphatic carboxylic acids is 1. The quantitative estimate of drug-likeness (QED) is 0.365. The number of amides is 1. The minimum atomic E-state index is -3.48. The Kier molecular flexibility index (Phi) is 8.72. The van der Waals surface area contributed by atoms with E-state index in [1.807, 2.05) is 37.3 Å². The van der Waals surface area contributed by atoms with Crippen LogP contribution in [-0.2, 0) is 19.6 Å². The first-order valence-electron chi connectivity index (χ1n) is 13.3. The summed E-state index contributed by atoms with van der Waals surface area (Å²) in [6.45, 7) is 5.33. The lowest BCUT2D eigenvalue weighted by Gasteiger charge is -2.53. The van der Waals surface area contributed by atoms with E-state index < -0.39 is 39.4 Å². The first-order valence-corrected chi connectivity index (χ1v) is 15.6. The van der Waals surface area contributed by atoms with Crippen molar-refractivity contribution in [2.24, 2.45) is 11.3 Å². The molecule has 1 aliphatic carbocycles. The van der Waals surface area contributed by atoms with Crippen LogP contribution >= 0.6 is 23.2 Å². The van der Waals surface area contributed by atoms with Gasteiger partial charge in [-0.3, -0.25) is 9.59 Å². The van der Waals surface area contributed by atoms with E-state index in [0.29, 0.717) is 29.3 Å². The van der Waals surface area contributed by atoms with Gasteiger partial charge in [0.05, 0.1) is 22.6 Å². The Hall–Kier alpha value is -2.13. The van der Waals surface area contributed by atoms with Crippen LogP contribution in [0.4, 0.5) is 0 Å². The molecule has 5 atom stereocenters. The van der Waals surface area contributed by atoms with E-state index in [-0.39, 0.29) is 30.0 Å². The van der Waals surface area contributed by atoms with Gasteiger partial charge in [0.15, 0.2) is 0 Å². The first kappa shape index (κ1) is 29.8. The van der Waals surface area contributed by atoms with Gasteiger partial charge >= 0.3 is 5.97 Å². The number of hydrogen-bond donors (Lipinski definition) is 1. The summed E-state index contributed by atoms with van der Waals surface area (Å²) in [7, 11) is -1.91. The van der Waals surface area contributed by atoms with Crippen LogP contribution < -0.4 is 0 Å². The van der Waals surface area contributed by atoms with Crippen LogP contribution in [0.1, 0.15) is 69.5 Å². The van der Waals surface area contributed by atoms with Crippen LogP contribution in [0.2, 0.25) is 10.0 Å². The van der Waals surface area contributed by atoms with Gasteiger partial charge in [0.25, 0.3) is 0 Å². The summed E-state index contributed by atoms with van der Waals surface area (Å²) in [6, 6.07) is 13.8. The smallest absolute Gasteiger partial charge is 0.307 e. The van der Waals surface area contributed by atoms with Crippen LogP contribution in [0.5, 0.6) is 0 Å². The Bertz CT molecular complexity index is 1330. The van der Waals surface area contributed by atoms with Gasteiger partial charge in [-0.2, -0.15) is 0 Å². The predicted molar refractivity (Wildman–Crippen MR) is 153 cm³/mol. The van der Waals surface area contributed by atoms with Crippen molar-refractivity contribution in [1.82, 2.24) is 9.21 Å². The van der Waals surface area contributed by atoms with Gasteiger partial charge in [0.2, 0.25) is 15.9 Å². The highest BCUT2D eigenvalue weighted by atomic mass is 35.5. The van der Waals surface area contributed by atoms with Gasteiger partial charge in [-0.1, -0.05) is 61.3 Å². The average molecular weight is 596 g/mol. The molecular formula is C29H36Cl2N2O5S. The summed E-state index contributed by atoms with van der Waals surface area (Å²) >= 11 is 12.6. The number of carboxylic acid groups (broad SMARTS) is 1. The molecule has 1 N–H and O–H groups in total. The SMILES string of the molecule is CCC(CN(C)S(=O)(=O)C1CC1)N1C(=O)[C@@](C)(C(C)C(=O)O)C[C@H](c2cccc(Cl)c2)[C@H]1c1ccc(Cl)cc1. The lowest BCUT2D eigenvalue weighted by molar-refractivity contribution is -0.167. The second-order valence-corrected chi connectivity index (χ2v) is 14.3. The summed E-state index contributed by atoms with van der Waals surface area (Å²) in [5.74, 6) is -2.61. The zero-order valence-electron chi connectivity index (χ0n) is 22.7. The van der Waals surface area contributed by atoms with Crippen molar-refractivity contribution in [1.29, 1.82) is 0 Å². The molecule has 1 amide bonds. The van der Waals surface area contributed by atoms with Gasteiger partial charge < -0.3 is 10.0 Å². The first-order chi connectivity index (χ1) is 18.3. The zero-order valence-corrected chi connectivity index (χ0v) is 25.0. The third-order valence-electron chi connectivity index (χ3n) is 8.57. The fourth-order valence-corrected chi connectivity index (χ4v) is 7.77. The highest BCUT2D eigenvalue weighted by molar-refractivity contribution is 7.90. The molecule has 2 fully saturated rings. The third-order valence-corrected chi connectivity index (χ3v) is 11.4. The number of hydrogen-bond acceptors (Lipinski definition) is 4. The minimum Gasteiger partial charge on any atom is -0.481 e. The summed E-state index contributed by atoms with van der Waals surface area (Å²) in [5.41, 5.74) is 0.495. The Morgan fingerprint density at radius 1 is 1.13 bits per heavy atom. The molecule has 10 heteroatoms. The number of nitrogens with zero attached hydrogens (tertiary/aromatic N) is 2. The van der Waals surface area contributed by atoms with Crippen LogP contribution in [0.25, 0.3) is 0 Å². The number of sulfonamides is 1. The van der Waals surface area contributed by atoms with Crippen molar-refractivity contribution < 1.29 is 23.1 Å². The van der Waals surface area contributed by atoms with E-state index in [1.54, 1.807) is 44.0 Å². The number of benzene rings is 2. The molecule has 2 aliphatic rings. The normalized spacial score (nSPS) is 25.5. The van der Waals surface area contributed by atoms with E-state index >= 15 is 0 Å². The van der Waals surface area contributed by atoms with Gasteiger partial charge in [0.1, 0.15) is 0 Å². The average Bonchev–Trinajstić information content (AvgIpc) is 3.75. The van der Waals surface area contributed by atoms with E-state index in [1.165, 1.54) is 4.31 Å². The fourth-order valence-electron chi connectivity index (χ4n) is 5.82. The molecule has 2 aromatic rings. The topological polar surface area (TPSA) is 95.0 Å². The van der Waals surface area contributed by atoms with E-state index in [0.717, 1.165) is 11.1 Å². The Balaban J connectivity index is 1.89. The molecule has 1 saturated heterocycles. The minimum absolute atomic E-state index is 0.116. The maximum atomic E-state index is 14.5. The number of carboxylic acids is 1. The molecule has 212 valence electrons. The number of likely N-dealkylation sites (tertiary alicyclic amines) is 1. The van der Waals surface area contributed by atoms with Crippen molar-refractivity contribution in [2.75, 3.05) is 13.6 Å². The maximum Gasteiger partial charge on any atom is 0.307 e. The summed E-state index contributed by atoms with van der Waals surface area (Å²) in [5, 5.41) is 10.8. The van der Waals surface area contributed by atoms with Crippen LogP contribution in [0.3, 0.4) is 0 Å². The molecule has 2 aromatic carbocycles. The van der Waals surface area contributed by atoms with Crippen molar-refractivity contribution in [3.8, 4) is 0 Å². The zero-order chi connectivity index (χ0) is 28.7. The molecule has 0 spiro atoms. The molecule has 39 heavy (non-hydrogen) atoms. The number of rotatable bonds is 10. The molecule has 0 bridgehead atoms. The van der Waals surface area contributed by atoms with Gasteiger partial charge in [-0.15, -0.1) is 0 Å². The van der Waals surface area contributed by atoms with Gasteiger partial charge in [-0.05, 0) is 68.0 Å². The van der Waals surface area contributed by atoms with Crippen LogP contribution in [-0.4, -0.2) is 59.5 Å². The molecule has 0 radical (unpaired) electrons. The van der Waals surface area contributed by atoms with Crippen LogP contribution in [0.15, 0.2) is 48.5 Å². The summed E-state index contributed by atoms with van der Waals surface area (Å²) in [6.07, 6.45) is 2.06. The number of piperidine rings is 1. The van der Waals surface area contributed by atoms with Crippen molar-refractivity contribution >= 4 is 45.1 Å². The Morgan fingerprint density at radius 2 is 1.77 bits per heavy atom. The summed E-state index contributed by atoms with van der Waals surface area (Å²) in [4.78, 5) is 28.5. The highest BCUT2D eigenvalue weighted by Gasteiger charge is 2.55. The molecular weight excluding hydrogens is 559 g/mol. The fraction of sp³-hybridized carbons (Fsp3) is 0.517. The van der Waals surface area contributed by atoms with E-state index in [9.17, 15) is 23.1 Å². The molecule has 0 aromatic heterocycles. The summed E-state index contributed by atoms with van der Waals surface area (Å²) < 4.78 is 27.5. The molecule has 2 unspecified atom stereocenters. The maximum absolute atomic E-state index is 14.5. The third kappa shape index (κ3) is 5.85. The number of carbonyl (C=O) groups is 2. The number of likely N-dealkylation sites (N-methyl/N-ethyl adjacent to an activating group) is 1. The van der Waals surface area contributed by atoms with Crippen LogP contribution in [0, 0.1) is 11.3 Å². The highest BCUT2D eigenvalue weighted by Crippen LogP contribution is 2.53. The van der Waals surface area contributed by atoms with Crippen molar-refractivity contribution in [2.45, 2.75) is 69.7 Å². The number of carbonyl (C=O) groups excluding carboxylic acids is 1. The Labute approximate surface area is 241 Å². The van der Waals surface area contributed by atoms with Crippen molar-refractivity contribution in [3.63, 3.8) is 0 Å². The van der Waals surface area contributed by atoms with Crippen molar-refractivity contribution in [3.05, 3.63) is 69.7 Å². The molecule has 1 saturated carbocycles. The molecule has 1 heterocycles. The Morgan fingerprint density at radius 3 is 2.31 bits per heavy atom. The standard InChI is InChI=1S/C29H36Cl2N2O5S/c1-5-23(17-32(4)39(37,38)24-13-14-24)33-26(19-9-11-21(30)12-10-19)25(20-7-6-8-22(31)15-20)16-29(3,28(33)36)18(2)27(34)35/h6-12,15,18,23-26H,5,13-14,16-17H2,1-4H3,(H,34,35)/t18?,23?,25-,26-,29-/m1/s1. The second-order valence-electron chi connectivity index (χ2n) is 11.1.